The van der Waals surface area contributed by atoms with Crippen molar-refractivity contribution < 1.29 is 13.2 Å². The molecule has 1 aromatic carbocycles. The third-order valence-corrected chi connectivity index (χ3v) is 4.48. The lowest BCUT2D eigenvalue weighted by molar-refractivity contribution is 0.184. The van der Waals surface area contributed by atoms with Gasteiger partial charge in [-0.3, -0.25) is 0 Å². The molecule has 0 radical (unpaired) electrons. The number of methoxy groups -OCH3 is 1. The van der Waals surface area contributed by atoms with Gasteiger partial charge in [0.1, 0.15) is 5.15 Å². The highest BCUT2D eigenvalue weighted by molar-refractivity contribution is 7.89. The molecule has 0 atom stereocenters. The van der Waals surface area contributed by atoms with Crippen molar-refractivity contribution in [2.75, 3.05) is 7.11 Å². The molecule has 0 aliphatic rings. The van der Waals surface area contributed by atoms with Crippen LogP contribution in [0.2, 0.25) is 5.15 Å². The lowest BCUT2D eigenvalue weighted by Gasteiger charge is -2.10. The number of rotatable bonds is 6. The lowest BCUT2D eigenvalue weighted by atomic mass is 10.1. The Balaban J connectivity index is 2.16. The average Bonchev–Trinajstić information content (AvgIpc) is 2.47. The highest BCUT2D eigenvalue weighted by atomic mass is 35.5. The van der Waals surface area contributed by atoms with Gasteiger partial charge in [0.2, 0.25) is 10.0 Å². The molecule has 0 saturated carbocycles. The third-order valence-electron chi connectivity index (χ3n) is 2.88. The predicted molar refractivity (Wildman–Crippen MR) is 80.4 cm³/mol. The average molecular weight is 327 g/mol. The van der Waals surface area contributed by atoms with Gasteiger partial charge in [-0.1, -0.05) is 35.9 Å². The number of hydrogen-bond donors (Lipinski definition) is 1. The summed E-state index contributed by atoms with van der Waals surface area (Å²) in [5.41, 5.74) is 1.80. The first kappa shape index (κ1) is 15.9. The van der Waals surface area contributed by atoms with Crippen LogP contribution in [0.25, 0.3) is 0 Å². The molecule has 21 heavy (non-hydrogen) atoms. The van der Waals surface area contributed by atoms with Gasteiger partial charge in [-0.25, -0.2) is 18.1 Å². The molecule has 112 valence electrons. The van der Waals surface area contributed by atoms with Gasteiger partial charge in [0.05, 0.1) is 11.5 Å². The summed E-state index contributed by atoms with van der Waals surface area (Å²) >= 11 is 5.71. The van der Waals surface area contributed by atoms with Crippen molar-refractivity contribution in [1.29, 1.82) is 0 Å². The van der Waals surface area contributed by atoms with E-state index in [1.165, 1.54) is 18.3 Å². The number of ether oxygens (including phenoxy) is 1. The Morgan fingerprint density at radius 3 is 2.62 bits per heavy atom. The molecule has 0 aliphatic carbocycles. The van der Waals surface area contributed by atoms with E-state index in [1.54, 1.807) is 7.11 Å². The van der Waals surface area contributed by atoms with Crippen LogP contribution in [0.15, 0.2) is 47.5 Å². The zero-order valence-corrected chi connectivity index (χ0v) is 13.0. The zero-order valence-electron chi connectivity index (χ0n) is 11.4. The molecule has 0 aliphatic heterocycles. The summed E-state index contributed by atoms with van der Waals surface area (Å²) in [6, 6.07) is 10.2. The quantitative estimate of drug-likeness (QED) is 0.827. The predicted octanol–water partition coefficient (Wildman–Crippen LogP) is 2.36. The van der Waals surface area contributed by atoms with Crippen molar-refractivity contribution in [3.05, 3.63) is 58.9 Å². The molecule has 0 amide bonds. The molecule has 2 aromatic rings. The summed E-state index contributed by atoms with van der Waals surface area (Å²) in [7, 11) is -2.03. The van der Waals surface area contributed by atoms with Crippen molar-refractivity contribution in [2.45, 2.75) is 18.0 Å². The van der Waals surface area contributed by atoms with Gasteiger partial charge in [0.15, 0.2) is 0 Å². The molecule has 0 saturated heterocycles. The summed E-state index contributed by atoms with van der Waals surface area (Å²) in [5.74, 6) is 0. The Kier molecular flexibility index (Phi) is 5.30. The molecule has 0 unspecified atom stereocenters. The maximum absolute atomic E-state index is 12.2. The minimum absolute atomic E-state index is 0.0896. The molecule has 1 heterocycles. The van der Waals surface area contributed by atoms with Crippen LogP contribution in [0.4, 0.5) is 0 Å². The van der Waals surface area contributed by atoms with Gasteiger partial charge in [-0.15, -0.1) is 0 Å². The van der Waals surface area contributed by atoms with E-state index in [2.05, 4.69) is 9.71 Å². The van der Waals surface area contributed by atoms with Crippen molar-refractivity contribution in [2.24, 2.45) is 0 Å². The second kappa shape index (κ2) is 7.00. The summed E-state index contributed by atoms with van der Waals surface area (Å²) < 4.78 is 32.0. The van der Waals surface area contributed by atoms with Gasteiger partial charge < -0.3 is 4.74 Å². The number of benzene rings is 1. The highest BCUT2D eigenvalue weighted by Gasteiger charge is 2.15. The van der Waals surface area contributed by atoms with Crippen LogP contribution in [-0.2, 0) is 27.9 Å². The SMILES string of the molecule is COCc1ccccc1CNS(=O)(=O)c1ccnc(Cl)c1. The number of pyridine rings is 1. The Morgan fingerprint density at radius 1 is 1.24 bits per heavy atom. The van der Waals surface area contributed by atoms with E-state index < -0.39 is 10.0 Å². The molecule has 5 nitrogen and oxygen atoms in total. The van der Waals surface area contributed by atoms with Crippen molar-refractivity contribution in [1.82, 2.24) is 9.71 Å². The number of hydrogen-bond acceptors (Lipinski definition) is 4. The Morgan fingerprint density at radius 2 is 1.95 bits per heavy atom. The first-order valence-corrected chi connectivity index (χ1v) is 8.06. The number of sulfonamides is 1. The first-order chi connectivity index (χ1) is 10.0. The van der Waals surface area contributed by atoms with E-state index in [9.17, 15) is 8.42 Å². The maximum Gasteiger partial charge on any atom is 0.241 e. The summed E-state index contributed by atoms with van der Waals surface area (Å²) in [4.78, 5) is 3.86. The normalized spacial score (nSPS) is 11.5. The fourth-order valence-electron chi connectivity index (χ4n) is 1.83. The Labute approximate surface area is 129 Å². The Bertz CT molecular complexity index is 720. The van der Waals surface area contributed by atoms with Crippen molar-refractivity contribution in [3.63, 3.8) is 0 Å². The minimum Gasteiger partial charge on any atom is -0.380 e. The molecule has 2 rings (SSSR count). The van der Waals surface area contributed by atoms with Gasteiger partial charge in [-0.2, -0.15) is 0 Å². The summed E-state index contributed by atoms with van der Waals surface area (Å²) in [6.45, 7) is 0.612. The van der Waals surface area contributed by atoms with Gasteiger partial charge >= 0.3 is 0 Å². The number of aromatic nitrogens is 1. The minimum atomic E-state index is -3.63. The van der Waals surface area contributed by atoms with E-state index in [0.717, 1.165) is 11.1 Å². The zero-order chi connectivity index (χ0) is 15.3. The van der Waals surface area contributed by atoms with Crippen LogP contribution in [0.5, 0.6) is 0 Å². The smallest absolute Gasteiger partial charge is 0.241 e. The van der Waals surface area contributed by atoms with E-state index >= 15 is 0 Å². The van der Waals surface area contributed by atoms with Crippen molar-refractivity contribution in [3.8, 4) is 0 Å². The molecule has 7 heteroatoms. The van der Waals surface area contributed by atoms with Gasteiger partial charge in [-0.05, 0) is 23.3 Å². The number of halogens is 1. The highest BCUT2D eigenvalue weighted by Crippen LogP contribution is 2.15. The Hall–Kier alpha value is -1.47. The molecule has 0 spiro atoms. The van der Waals surface area contributed by atoms with Crippen LogP contribution in [0, 0.1) is 0 Å². The molecular formula is C14H15ClN2O3S. The molecular weight excluding hydrogens is 312 g/mol. The van der Waals surface area contributed by atoms with E-state index in [-0.39, 0.29) is 16.6 Å². The van der Waals surface area contributed by atoms with Gasteiger partial charge in [0, 0.05) is 19.9 Å². The molecule has 1 N–H and O–H groups in total. The molecule has 0 bridgehead atoms. The van der Waals surface area contributed by atoms with Crippen LogP contribution in [-0.4, -0.2) is 20.5 Å². The fraction of sp³-hybridized carbons (Fsp3) is 0.214. The second-order valence-electron chi connectivity index (χ2n) is 4.34. The van der Waals surface area contributed by atoms with E-state index in [4.69, 9.17) is 16.3 Å². The molecule has 0 fully saturated rings. The first-order valence-electron chi connectivity index (χ1n) is 6.20. The lowest BCUT2D eigenvalue weighted by Crippen LogP contribution is -2.24. The monoisotopic (exact) mass is 326 g/mol. The number of nitrogens with one attached hydrogen (secondary N) is 1. The van der Waals surface area contributed by atoms with Crippen molar-refractivity contribution >= 4 is 21.6 Å². The number of nitrogens with zero attached hydrogens (tertiary/aromatic N) is 1. The summed E-state index contributed by atoms with van der Waals surface area (Å²) in [5, 5.41) is 0.137. The largest absolute Gasteiger partial charge is 0.380 e. The fourth-order valence-corrected chi connectivity index (χ4v) is 3.09. The van der Waals surface area contributed by atoms with Crippen LogP contribution < -0.4 is 4.72 Å². The third kappa shape index (κ3) is 4.25. The molecule has 1 aromatic heterocycles. The second-order valence-corrected chi connectivity index (χ2v) is 6.49. The summed E-state index contributed by atoms with van der Waals surface area (Å²) in [6.07, 6.45) is 1.36. The standard InChI is InChI=1S/C14H15ClN2O3S/c1-20-10-12-5-3-2-4-11(12)9-17-21(18,19)13-6-7-16-14(15)8-13/h2-8,17H,9-10H2,1H3. The topological polar surface area (TPSA) is 68.3 Å². The van der Waals surface area contributed by atoms with Crippen LogP contribution in [0.1, 0.15) is 11.1 Å². The maximum atomic E-state index is 12.2. The van der Waals surface area contributed by atoms with Crippen LogP contribution >= 0.6 is 11.6 Å². The van der Waals surface area contributed by atoms with Crippen LogP contribution in [0.3, 0.4) is 0 Å². The van der Waals surface area contributed by atoms with E-state index in [0.29, 0.717) is 6.61 Å². The van der Waals surface area contributed by atoms with E-state index in [1.807, 2.05) is 24.3 Å². The van der Waals surface area contributed by atoms with Gasteiger partial charge in [0.25, 0.3) is 0 Å².